The summed E-state index contributed by atoms with van der Waals surface area (Å²) in [6.45, 7) is 7.35. The first-order chi connectivity index (χ1) is 10.1. The number of amides is 1. The van der Waals surface area contributed by atoms with Crippen LogP contribution in [0.3, 0.4) is 0 Å². The number of piperidine rings is 1. The molecule has 120 valence electrons. The Morgan fingerprint density at radius 1 is 1.24 bits per heavy atom. The molecule has 2 unspecified atom stereocenters. The van der Waals surface area contributed by atoms with Crippen molar-refractivity contribution in [2.75, 3.05) is 39.5 Å². The Balaban J connectivity index is 2.01. The lowest BCUT2D eigenvalue weighted by Gasteiger charge is -2.40. The molecule has 2 rings (SSSR count). The molecule has 0 aliphatic carbocycles. The zero-order chi connectivity index (χ0) is 15.2. The maximum absolute atomic E-state index is 12.6. The van der Waals surface area contributed by atoms with Crippen molar-refractivity contribution in [1.82, 2.24) is 9.80 Å². The summed E-state index contributed by atoms with van der Waals surface area (Å²) in [6, 6.07) is -0.559. The van der Waals surface area contributed by atoms with E-state index in [0.29, 0.717) is 32.9 Å². The van der Waals surface area contributed by atoms with Gasteiger partial charge in [0.1, 0.15) is 6.04 Å². The van der Waals surface area contributed by atoms with Crippen LogP contribution in [0.4, 0.5) is 0 Å². The van der Waals surface area contributed by atoms with Gasteiger partial charge in [-0.25, -0.2) is 0 Å². The largest absolute Gasteiger partial charge is 0.465 e. The molecule has 6 nitrogen and oxygen atoms in total. The van der Waals surface area contributed by atoms with Crippen LogP contribution in [0.15, 0.2) is 0 Å². The summed E-state index contributed by atoms with van der Waals surface area (Å²) in [5, 5.41) is 0. The number of esters is 1. The fourth-order valence-electron chi connectivity index (χ4n) is 3.10. The van der Waals surface area contributed by atoms with E-state index in [0.717, 1.165) is 25.8 Å². The minimum atomic E-state index is -0.280. The molecule has 21 heavy (non-hydrogen) atoms. The molecule has 2 atom stereocenters. The molecule has 2 saturated heterocycles. The zero-order valence-corrected chi connectivity index (χ0v) is 13.0. The van der Waals surface area contributed by atoms with Gasteiger partial charge in [-0.3, -0.25) is 14.5 Å². The molecular formula is C15H26N2O4. The lowest BCUT2D eigenvalue weighted by atomic mass is 9.99. The minimum Gasteiger partial charge on any atom is -0.465 e. The fourth-order valence-corrected chi connectivity index (χ4v) is 3.10. The molecule has 2 aliphatic heterocycles. The number of rotatable bonds is 4. The highest BCUT2D eigenvalue weighted by Gasteiger charge is 2.37. The Labute approximate surface area is 126 Å². The predicted molar refractivity (Wildman–Crippen MR) is 77.8 cm³/mol. The van der Waals surface area contributed by atoms with Crippen LogP contribution in [-0.4, -0.2) is 73.2 Å². The number of morpholine rings is 1. The van der Waals surface area contributed by atoms with Crippen LogP contribution < -0.4 is 0 Å². The second-order valence-electron chi connectivity index (χ2n) is 5.62. The summed E-state index contributed by atoms with van der Waals surface area (Å²) in [5.74, 6) is -0.103. The summed E-state index contributed by atoms with van der Waals surface area (Å²) in [7, 11) is 0. The van der Waals surface area contributed by atoms with E-state index in [4.69, 9.17) is 9.47 Å². The van der Waals surface area contributed by atoms with Crippen molar-refractivity contribution in [3.63, 3.8) is 0 Å². The number of hydrogen-bond donors (Lipinski definition) is 0. The highest BCUT2D eigenvalue weighted by Crippen LogP contribution is 2.22. The normalized spacial score (nSPS) is 25.4. The Morgan fingerprint density at radius 3 is 2.62 bits per heavy atom. The van der Waals surface area contributed by atoms with E-state index in [2.05, 4.69) is 0 Å². The van der Waals surface area contributed by atoms with E-state index in [1.807, 2.05) is 23.6 Å². The van der Waals surface area contributed by atoms with Crippen molar-refractivity contribution in [2.45, 2.75) is 45.2 Å². The number of nitrogens with zero attached hydrogens (tertiary/aromatic N) is 2. The van der Waals surface area contributed by atoms with Gasteiger partial charge in [0.2, 0.25) is 5.91 Å². The standard InChI is InChI=1S/C15H26N2O4/c1-3-21-15(19)13-6-4-5-7-17(13)12(2)14(18)16-8-10-20-11-9-16/h12-13H,3-11H2,1-2H3. The average Bonchev–Trinajstić information content (AvgIpc) is 2.54. The third kappa shape index (κ3) is 3.95. The Bertz CT molecular complexity index is 369. The van der Waals surface area contributed by atoms with Gasteiger partial charge in [-0.2, -0.15) is 0 Å². The van der Waals surface area contributed by atoms with E-state index in [1.165, 1.54) is 0 Å². The van der Waals surface area contributed by atoms with Crippen molar-refractivity contribution < 1.29 is 19.1 Å². The van der Waals surface area contributed by atoms with E-state index in [9.17, 15) is 9.59 Å². The molecule has 0 saturated carbocycles. The molecule has 0 aromatic heterocycles. The molecule has 0 bridgehead atoms. The van der Waals surface area contributed by atoms with Gasteiger partial charge in [0.05, 0.1) is 25.9 Å². The van der Waals surface area contributed by atoms with Crippen LogP contribution in [0.2, 0.25) is 0 Å². The van der Waals surface area contributed by atoms with Gasteiger partial charge in [0.25, 0.3) is 0 Å². The molecule has 1 amide bonds. The molecule has 0 spiro atoms. The molecule has 0 aromatic rings. The second-order valence-corrected chi connectivity index (χ2v) is 5.62. The van der Waals surface area contributed by atoms with Crippen molar-refractivity contribution in [3.05, 3.63) is 0 Å². The monoisotopic (exact) mass is 298 g/mol. The van der Waals surface area contributed by atoms with E-state index < -0.39 is 0 Å². The highest BCUT2D eigenvalue weighted by atomic mass is 16.5. The Hall–Kier alpha value is -1.14. The van der Waals surface area contributed by atoms with Crippen molar-refractivity contribution in [2.24, 2.45) is 0 Å². The minimum absolute atomic E-state index is 0.0921. The maximum Gasteiger partial charge on any atom is 0.323 e. The van der Waals surface area contributed by atoms with Crippen LogP contribution in [0, 0.1) is 0 Å². The van der Waals surface area contributed by atoms with Gasteiger partial charge in [0.15, 0.2) is 0 Å². The number of ether oxygens (including phenoxy) is 2. The van der Waals surface area contributed by atoms with Crippen LogP contribution in [0.5, 0.6) is 0 Å². The molecule has 0 radical (unpaired) electrons. The maximum atomic E-state index is 12.6. The van der Waals surface area contributed by atoms with Gasteiger partial charge in [-0.05, 0) is 33.2 Å². The topological polar surface area (TPSA) is 59.1 Å². The summed E-state index contributed by atoms with van der Waals surface area (Å²) < 4.78 is 10.4. The first-order valence-electron chi connectivity index (χ1n) is 7.94. The predicted octanol–water partition coefficient (Wildman–Crippen LogP) is 0.651. The molecule has 2 aliphatic rings. The molecular weight excluding hydrogens is 272 g/mol. The van der Waals surface area contributed by atoms with Crippen LogP contribution >= 0.6 is 0 Å². The third-order valence-electron chi connectivity index (χ3n) is 4.28. The van der Waals surface area contributed by atoms with Crippen molar-refractivity contribution >= 4 is 11.9 Å². The number of likely N-dealkylation sites (tertiary alicyclic amines) is 1. The lowest BCUT2D eigenvalue weighted by Crippen LogP contribution is -2.56. The smallest absolute Gasteiger partial charge is 0.323 e. The van der Waals surface area contributed by atoms with Crippen molar-refractivity contribution in [1.29, 1.82) is 0 Å². The summed E-state index contributed by atoms with van der Waals surface area (Å²) >= 11 is 0. The van der Waals surface area contributed by atoms with Crippen molar-refractivity contribution in [3.8, 4) is 0 Å². The van der Waals surface area contributed by atoms with Gasteiger partial charge in [-0.15, -0.1) is 0 Å². The third-order valence-corrected chi connectivity index (χ3v) is 4.28. The van der Waals surface area contributed by atoms with E-state index in [-0.39, 0.29) is 24.0 Å². The summed E-state index contributed by atoms with van der Waals surface area (Å²) in [5.41, 5.74) is 0. The van der Waals surface area contributed by atoms with Gasteiger partial charge < -0.3 is 14.4 Å². The SMILES string of the molecule is CCOC(=O)C1CCCCN1C(C)C(=O)N1CCOCC1. The van der Waals surface area contributed by atoms with Gasteiger partial charge in [0, 0.05) is 13.1 Å². The fraction of sp³-hybridized carbons (Fsp3) is 0.867. The van der Waals surface area contributed by atoms with Gasteiger partial charge >= 0.3 is 5.97 Å². The molecule has 0 aromatic carbocycles. The number of carbonyl (C=O) groups excluding carboxylic acids is 2. The van der Waals surface area contributed by atoms with E-state index in [1.54, 1.807) is 0 Å². The van der Waals surface area contributed by atoms with Gasteiger partial charge in [-0.1, -0.05) is 6.42 Å². The molecule has 6 heteroatoms. The zero-order valence-electron chi connectivity index (χ0n) is 13.0. The van der Waals surface area contributed by atoms with E-state index >= 15 is 0 Å². The molecule has 0 N–H and O–H groups in total. The second kappa shape index (κ2) is 7.75. The first kappa shape index (κ1) is 16.2. The first-order valence-corrected chi connectivity index (χ1v) is 7.94. The average molecular weight is 298 g/mol. The lowest BCUT2D eigenvalue weighted by molar-refractivity contribution is -0.155. The van der Waals surface area contributed by atoms with Crippen LogP contribution in [0.25, 0.3) is 0 Å². The number of hydrogen-bond acceptors (Lipinski definition) is 5. The molecule has 2 fully saturated rings. The number of carbonyl (C=O) groups is 2. The van der Waals surface area contributed by atoms with Crippen LogP contribution in [-0.2, 0) is 19.1 Å². The molecule has 2 heterocycles. The Morgan fingerprint density at radius 2 is 1.95 bits per heavy atom. The van der Waals surface area contributed by atoms with Crippen LogP contribution in [0.1, 0.15) is 33.1 Å². The summed E-state index contributed by atoms with van der Waals surface area (Å²) in [4.78, 5) is 28.6. The highest BCUT2D eigenvalue weighted by molar-refractivity contribution is 5.83. The Kier molecular flexibility index (Phi) is 5.99. The summed E-state index contributed by atoms with van der Waals surface area (Å²) in [6.07, 6.45) is 2.81. The quantitative estimate of drug-likeness (QED) is 0.713.